The minimum atomic E-state index is 0.0488. The Labute approximate surface area is 90.6 Å². The molecular formula is C10H10BrNO2. The highest BCUT2D eigenvalue weighted by Gasteiger charge is 2.11. The number of nitrogens with one attached hydrogen (secondary N) is 1. The standard InChI is InChI=1S/C10H10BrNO2/c11-7-3-4-9-8(6-7)12-10(13)2-1-5-14-9/h3-4,6H,1-2,5H2,(H,12,13). The predicted molar refractivity (Wildman–Crippen MR) is 57.5 cm³/mol. The Morgan fingerprint density at radius 2 is 2.29 bits per heavy atom. The number of ether oxygens (including phenoxy) is 1. The summed E-state index contributed by atoms with van der Waals surface area (Å²) in [4.78, 5) is 11.3. The summed E-state index contributed by atoms with van der Waals surface area (Å²) in [5.74, 6) is 0.786. The van der Waals surface area contributed by atoms with Crippen molar-refractivity contribution in [3.05, 3.63) is 22.7 Å². The molecular weight excluding hydrogens is 246 g/mol. The average Bonchev–Trinajstić information content (AvgIpc) is 2.12. The van der Waals surface area contributed by atoms with E-state index < -0.39 is 0 Å². The van der Waals surface area contributed by atoms with Crippen LogP contribution in [-0.2, 0) is 4.79 Å². The third-order valence-corrected chi connectivity index (χ3v) is 2.51. The van der Waals surface area contributed by atoms with Gasteiger partial charge in [0.2, 0.25) is 5.91 Å². The van der Waals surface area contributed by atoms with Crippen molar-refractivity contribution >= 4 is 27.5 Å². The molecule has 0 bridgehead atoms. The molecule has 0 fully saturated rings. The molecule has 0 saturated heterocycles. The molecule has 1 aromatic rings. The van der Waals surface area contributed by atoms with Crippen molar-refractivity contribution in [3.63, 3.8) is 0 Å². The first kappa shape index (κ1) is 9.52. The Morgan fingerprint density at radius 3 is 3.14 bits per heavy atom. The number of anilines is 1. The fourth-order valence-electron chi connectivity index (χ4n) is 1.35. The lowest BCUT2D eigenvalue weighted by Gasteiger charge is -2.15. The predicted octanol–water partition coefficient (Wildman–Crippen LogP) is 2.56. The lowest BCUT2D eigenvalue weighted by Crippen LogP contribution is -2.16. The number of hydrogen-bond donors (Lipinski definition) is 1. The SMILES string of the molecule is O=C1CCCOc2ccc(Br)cc2N1. The summed E-state index contributed by atoms with van der Waals surface area (Å²) in [5, 5.41) is 2.81. The Balaban J connectivity index is 2.34. The van der Waals surface area contributed by atoms with E-state index in [0.717, 1.165) is 22.3 Å². The van der Waals surface area contributed by atoms with Crippen molar-refractivity contribution in [1.82, 2.24) is 0 Å². The van der Waals surface area contributed by atoms with Crippen molar-refractivity contribution in [3.8, 4) is 5.75 Å². The zero-order valence-corrected chi connectivity index (χ0v) is 9.13. The van der Waals surface area contributed by atoms with Crippen LogP contribution in [0.25, 0.3) is 0 Å². The zero-order valence-electron chi connectivity index (χ0n) is 7.55. The molecule has 14 heavy (non-hydrogen) atoms. The van der Waals surface area contributed by atoms with Crippen LogP contribution >= 0.6 is 15.9 Å². The Hall–Kier alpha value is -1.03. The Kier molecular flexibility index (Phi) is 2.72. The highest BCUT2D eigenvalue weighted by atomic mass is 79.9. The van der Waals surface area contributed by atoms with Gasteiger partial charge in [0.25, 0.3) is 0 Å². The number of halogens is 1. The van der Waals surface area contributed by atoms with Crippen LogP contribution < -0.4 is 10.1 Å². The van der Waals surface area contributed by atoms with Crippen LogP contribution in [0, 0.1) is 0 Å². The monoisotopic (exact) mass is 255 g/mol. The summed E-state index contributed by atoms with van der Waals surface area (Å²) < 4.78 is 6.43. The van der Waals surface area contributed by atoms with Gasteiger partial charge in [-0.15, -0.1) is 0 Å². The largest absolute Gasteiger partial charge is 0.491 e. The van der Waals surface area contributed by atoms with Gasteiger partial charge < -0.3 is 10.1 Å². The van der Waals surface area contributed by atoms with Crippen LogP contribution in [0.3, 0.4) is 0 Å². The second-order valence-electron chi connectivity index (χ2n) is 3.14. The topological polar surface area (TPSA) is 38.3 Å². The summed E-state index contributed by atoms with van der Waals surface area (Å²) in [6.07, 6.45) is 1.29. The van der Waals surface area contributed by atoms with E-state index in [2.05, 4.69) is 21.2 Å². The summed E-state index contributed by atoms with van der Waals surface area (Å²) in [6.45, 7) is 0.599. The third-order valence-electron chi connectivity index (χ3n) is 2.02. The minimum absolute atomic E-state index is 0.0488. The molecule has 1 N–H and O–H groups in total. The van der Waals surface area contributed by atoms with Gasteiger partial charge >= 0.3 is 0 Å². The Bertz CT molecular complexity index is 365. The molecule has 0 unspecified atom stereocenters. The van der Waals surface area contributed by atoms with Crippen LogP contribution in [0.1, 0.15) is 12.8 Å². The molecule has 1 aliphatic heterocycles. The molecule has 0 saturated carbocycles. The molecule has 0 aromatic heterocycles. The molecule has 4 heteroatoms. The highest BCUT2D eigenvalue weighted by Crippen LogP contribution is 2.29. The molecule has 1 amide bonds. The first-order chi connectivity index (χ1) is 6.75. The molecule has 1 aromatic carbocycles. The van der Waals surface area contributed by atoms with E-state index in [-0.39, 0.29) is 5.91 Å². The van der Waals surface area contributed by atoms with E-state index in [1.165, 1.54) is 0 Å². The van der Waals surface area contributed by atoms with Gasteiger partial charge in [-0.05, 0) is 24.6 Å². The van der Waals surface area contributed by atoms with Crippen LogP contribution in [-0.4, -0.2) is 12.5 Å². The van der Waals surface area contributed by atoms with E-state index in [1.54, 1.807) is 0 Å². The highest BCUT2D eigenvalue weighted by molar-refractivity contribution is 9.10. The number of rotatable bonds is 0. The van der Waals surface area contributed by atoms with Gasteiger partial charge in [-0.25, -0.2) is 0 Å². The normalized spacial score (nSPS) is 15.9. The van der Waals surface area contributed by atoms with Gasteiger partial charge in [-0.3, -0.25) is 4.79 Å². The van der Waals surface area contributed by atoms with Crippen LogP contribution in [0.15, 0.2) is 22.7 Å². The van der Waals surface area contributed by atoms with Crippen LogP contribution in [0.5, 0.6) is 5.75 Å². The second kappa shape index (κ2) is 4.00. The summed E-state index contributed by atoms with van der Waals surface area (Å²) in [6, 6.07) is 5.59. The lowest BCUT2D eigenvalue weighted by atomic mass is 10.2. The molecule has 0 radical (unpaired) electrons. The van der Waals surface area contributed by atoms with Crippen molar-refractivity contribution in [2.24, 2.45) is 0 Å². The van der Waals surface area contributed by atoms with E-state index in [1.807, 2.05) is 18.2 Å². The van der Waals surface area contributed by atoms with Crippen molar-refractivity contribution < 1.29 is 9.53 Å². The third kappa shape index (κ3) is 2.07. The minimum Gasteiger partial charge on any atom is -0.491 e. The van der Waals surface area contributed by atoms with Crippen LogP contribution in [0.2, 0.25) is 0 Å². The van der Waals surface area contributed by atoms with Crippen molar-refractivity contribution in [2.45, 2.75) is 12.8 Å². The smallest absolute Gasteiger partial charge is 0.224 e. The van der Waals surface area contributed by atoms with Gasteiger partial charge in [0, 0.05) is 10.9 Å². The molecule has 0 spiro atoms. The summed E-state index contributed by atoms with van der Waals surface area (Å²) in [5.41, 5.74) is 0.740. The molecule has 1 heterocycles. The van der Waals surface area contributed by atoms with Gasteiger partial charge in [0.05, 0.1) is 12.3 Å². The molecule has 74 valence electrons. The zero-order chi connectivity index (χ0) is 9.97. The maximum atomic E-state index is 11.3. The van der Waals surface area contributed by atoms with Crippen molar-refractivity contribution in [1.29, 1.82) is 0 Å². The molecule has 2 rings (SSSR count). The van der Waals surface area contributed by atoms with Gasteiger partial charge in [-0.1, -0.05) is 15.9 Å². The maximum Gasteiger partial charge on any atom is 0.224 e. The second-order valence-corrected chi connectivity index (χ2v) is 4.06. The van der Waals surface area contributed by atoms with Gasteiger partial charge in [-0.2, -0.15) is 0 Å². The number of carbonyl (C=O) groups excluding carboxylic acids is 1. The lowest BCUT2D eigenvalue weighted by molar-refractivity contribution is -0.116. The van der Waals surface area contributed by atoms with E-state index in [9.17, 15) is 4.79 Å². The fourth-order valence-corrected chi connectivity index (χ4v) is 1.71. The van der Waals surface area contributed by atoms with Gasteiger partial charge in [0.1, 0.15) is 5.75 Å². The number of fused-ring (bicyclic) bond motifs is 1. The van der Waals surface area contributed by atoms with E-state index in [0.29, 0.717) is 13.0 Å². The van der Waals surface area contributed by atoms with Gasteiger partial charge in [0.15, 0.2) is 0 Å². The number of amides is 1. The molecule has 0 aliphatic carbocycles. The number of hydrogen-bond acceptors (Lipinski definition) is 2. The molecule has 0 atom stereocenters. The average molecular weight is 256 g/mol. The Morgan fingerprint density at radius 1 is 1.43 bits per heavy atom. The van der Waals surface area contributed by atoms with E-state index >= 15 is 0 Å². The summed E-state index contributed by atoms with van der Waals surface area (Å²) in [7, 11) is 0. The number of benzene rings is 1. The molecule has 1 aliphatic rings. The first-order valence-electron chi connectivity index (χ1n) is 4.48. The first-order valence-corrected chi connectivity index (χ1v) is 5.27. The van der Waals surface area contributed by atoms with E-state index in [4.69, 9.17) is 4.74 Å². The maximum absolute atomic E-state index is 11.3. The quantitative estimate of drug-likeness (QED) is 0.774. The van der Waals surface area contributed by atoms with Crippen LogP contribution in [0.4, 0.5) is 5.69 Å². The fraction of sp³-hybridized carbons (Fsp3) is 0.300. The molecule has 3 nitrogen and oxygen atoms in total. The summed E-state index contributed by atoms with van der Waals surface area (Å²) >= 11 is 3.35. The van der Waals surface area contributed by atoms with Crippen molar-refractivity contribution in [2.75, 3.05) is 11.9 Å². The number of carbonyl (C=O) groups is 1.